The first-order valence-corrected chi connectivity index (χ1v) is 19.8. The van der Waals surface area contributed by atoms with Crippen LogP contribution in [-0.2, 0) is 41.1 Å². The predicted molar refractivity (Wildman–Crippen MR) is 193 cm³/mol. The molecule has 7 rings (SSSR count). The van der Waals surface area contributed by atoms with Gasteiger partial charge in [-0.25, -0.2) is 17.8 Å². The van der Waals surface area contributed by atoms with E-state index in [1.807, 2.05) is 24.3 Å². The summed E-state index contributed by atoms with van der Waals surface area (Å²) in [5, 5.41) is 9.24. The zero-order valence-electron chi connectivity index (χ0n) is 29.9. The van der Waals surface area contributed by atoms with Crippen molar-refractivity contribution < 1.29 is 32.2 Å². The fourth-order valence-corrected chi connectivity index (χ4v) is 9.66. The maximum absolute atomic E-state index is 14.8. The van der Waals surface area contributed by atoms with Crippen molar-refractivity contribution in [2.75, 3.05) is 20.3 Å². The molecular formula is C35H44N6O9S2. The number of nitrogens with one attached hydrogen (secondary N) is 1. The Morgan fingerprint density at radius 1 is 1.12 bits per heavy atom. The van der Waals surface area contributed by atoms with E-state index in [4.69, 9.17) is 18.9 Å². The number of carbonyl (C=O) groups is 1. The molecule has 3 aliphatic rings. The molecule has 2 bridgehead atoms. The number of para-hydroxylation sites is 1. The molecule has 15 nitrogen and oxygen atoms in total. The van der Waals surface area contributed by atoms with Gasteiger partial charge in [0.05, 0.1) is 54.0 Å². The SMILES string of the molecule is COCCOc1ccccc1[C@H](Cn1c(=O)n(C(C)(C)C(=O)NS(=O)(=O)C2(C)CC2)c(=O)c2c(C)c(-n3nccn3)sc21)O[C@@H]1C[C@H]2CC[C@@H](C1)O2. The van der Waals surface area contributed by atoms with Crippen molar-refractivity contribution in [1.29, 1.82) is 0 Å². The van der Waals surface area contributed by atoms with Gasteiger partial charge in [-0.05, 0) is 72.3 Å². The Morgan fingerprint density at radius 2 is 1.79 bits per heavy atom. The number of sulfonamides is 1. The fourth-order valence-electron chi connectivity index (χ4n) is 7.06. The number of aromatic nitrogens is 5. The highest BCUT2D eigenvalue weighted by Crippen LogP contribution is 2.43. The van der Waals surface area contributed by atoms with Gasteiger partial charge < -0.3 is 18.9 Å². The standard InChI is InChI=1S/C35H44N6O9S2/c1-21-28-29(42)40(34(2,3)32(43)38-52(45,46)35(4)12-13-35)33(44)39(31(28)51-30(21)41-36-14-15-37-41)20-27(50-24-18-22-10-11-23(19-24)49-22)25-8-6-7-9-26(25)48-17-16-47-5/h6-9,14-15,22-24,27H,10-13,16-20H2,1-5H3,(H,38,43)/t22-,23+,24-,27-/m0/s1. The molecule has 1 N–H and O–H groups in total. The lowest BCUT2D eigenvalue weighted by atomic mass is 10.0. The van der Waals surface area contributed by atoms with Gasteiger partial charge >= 0.3 is 5.69 Å². The van der Waals surface area contributed by atoms with Gasteiger partial charge in [-0.1, -0.05) is 29.5 Å². The number of ether oxygens (including phenoxy) is 4. The summed E-state index contributed by atoms with van der Waals surface area (Å²) in [5.74, 6) is -0.436. The summed E-state index contributed by atoms with van der Waals surface area (Å²) in [6, 6.07) is 7.44. The molecule has 1 aliphatic carbocycles. The van der Waals surface area contributed by atoms with Crippen LogP contribution in [0, 0.1) is 6.92 Å². The summed E-state index contributed by atoms with van der Waals surface area (Å²) in [4.78, 5) is 44.9. The lowest BCUT2D eigenvalue weighted by Crippen LogP contribution is -2.57. The number of nitrogens with zero attached hydrogens (tertiary/aromatic N) is 5. The molecule has 3 aromatic heterocycles. The third-order valence-corrected chi connectivity index (χ3v) is 13.9. The van der Waals surface area contributed by atoms with E-state index in [1.165, 1.54) is 46.9 Å². The van der Waals surface area contributed by atoms with Crippen LogP contribution in [0.2, 0.25) is 0 Å². The zero-order valence-corrected chi connectivity index (χ0v) is 31.5. The van der Waals surface area contributed by atoms with Gasteiger partial charge in [0, 0.05) is 18.2 Å². The molecule has 1 saturated carbocycles. The van der Waals surface area contributed by atoms with Crippen molar-refractivity contribution in [3.8, 4) is 10.8 Å². The van der Waals surface area contributed by atoms with Gasteiger partial charge in [-0.3, -0.25) is 18.9 Å². The van der Waals surface area contributed by atoms with Gasteiger partial charge in [0.1, 0.15) is 33.8 Å². The van der Waals surface area contributed by atoms with Gasteiger partial charge in [-0.15, -0.1) is 4.80 Å². The topological polar surface area (TPSA) is 175 Å². The molecule has 5 heterocycles. The Morgan fingerprint density at radius 3 is 2.44 bits per heavy atom. The average Bonchev–Trinajstić information content (AvgIpc) is 3.38. The summed E-state index contributed by atoms with van der Waals surface area (Å²) in [5.41, 5.74) is -2.26. The molecule has 2 saturated heterocycles. The molecule has 1 aromatic carbocycles. The third kappa shape index (κ3) is 6.61. The Kier molecular flexibility index (Phi) is 9.69. The van der Waals surface area contributed by atoms with E-state index in [9.17, 15) is 22.8 Å². The maximum Gasteiger partial charge on any atom is 0.333 e. The number of benzene rings is 1. The molecule has 4 aromatic rings. The van der Waals surface area contributed by atoms with Crippen molar-refractivity contribution in [3.05, 3.63) is 68.6 Å². The van der Waals surface area contributed by atoms with Gasteiger partial charge in [0.15, 0.2) is 0 Å². The monoisotopic (exact) mass is 756 g/mol. The summed E-state index contributed by atoms with van der Waals surface area (Å²) < 4.78 is 54.0. The quantitative estimate of drug-likeness (QED) is 0.187. The Hall–Kier alpha value is -3.90. The number of hydrogen-bond acceptors (Lipinski definition) is 12. The number of amides is 1. The van der Waals surface area contributed by atoms with Crippen LogP contribution in [0.1, 0.15) is 76.5 Å². The van der Waals surface area contributed by atoms with E-state index in [1.54, 1.807) is 21.0 Å². The molecule has 2 aliphatic heterocycles. The number of methoxy groups -OCH3 is 1. The van der Waals surface area contributed by atoms with E-state index in [2.05, 4.69) is 14.9 Å². The van der Waals surface area contributed by atoms with Crippen LogP contribution in [-0.4, -0.2) is 81.8 Å². The molecule has 3 fully saturated rings. The lowest BCUT2D eigenvalue weighted by molar-refractivity contribution is -0.126. The largest absolute Gasteiger partial charge is 0.491 e. The van der Waals surface area contributed by atoms with E-state index in [0.29, 0.717) is 59.0 Å². The van der Waals surface area contributed by atoms with Crippen molar-refractivity contribution in [3.63, 3.8) is 0 Å². The molecule has 0 radical (unpaired) electrons. The predicted octanol–water partition coefficient (Wildman–Crippen LogP) is 3.34. The smallest absolute Gasteiger partial charge is 0.333 e. The summed E-state index contributed by atoms with van der Waals surface area (Å²) in [7, 11) is -2.48. The summed E-state index contributed by atoms with van der Waals surface area (Å²) in [6.07, 6.45) is 6.39. The summed E-state index contributed by atoms with van der Waals surface area (Å²) in [6.45, 7) is 6.61. The number of rotatable bonds is 14. The van der Waals surface area contributed by atoms with E-state index >= 15 is 0 Å². The second-order valence-electron chi connectivity index (χ2n) is 14.6. The summed E-state index contributed by atoms with van der Waals surface area (Å²) >= 11 is 1.17. The fraction of sp³-hybridized carbons (Fsp3) is 0.571. The highest BCUT2D eigenvalue weighted by molar-refractivity contribution is 7.91. The number of thiophene rings is 1. The Labute approximate surface area is 304 Å². The van der Waals surface area contributed by atoms with Crippen molar-refractivity contribution in [1.82, 2.24) is 28.9 Å². The normalized spacial score (nSPS) is 21.7. The molecule has 17 heteroatoms. The van der Waals surface area contributed by atoms with Crippen molar-refractivity contribution in [2.24, 2.45) is 0 Å². The molecular weight excluding hydrogens is 713 g/mol. The van der Waals surface area contributed by atoms with Gasteiger partial charge in [0.2, 0.25) is 10.0 Å². The third-order valence-electron chi connectivity index (χ3n) is 10.5. The highest BCUT2D eigenvalue weighted by Gasteiger charge is 2.52. The van der Waals surface area contributed by atoms with Crippen LogP contribution in [0.25, 0.3) is 15.2 Å². The van der Waals surface area contributed by atoms with E-state index in [0.717, 1.165) is 17.4 Å². The first kappa shape index (κ1) is 36.5. The van der Waals surface area contributed by atoms with Crippen LogP contribution in [0.15, 0.2) is 46.2 Å². The second-order valence-corrected chi connectivity index (χ2v) is 17.7. The molecule has 4 atom stereocenters. The van der Waals surface area contributed by atoms with Crippen molar-refractivity contribution in [2.45, 2.75) is 107 Å². The highest BCUT2D eigenvalue weighted by atomic mass is 32.2. The van der Waals surface area contributed by atoms with E-state index in [-0.39, 0.29) is 36.8 Å². The van der Waals surface area contributed by atoms with Crippen LogP contribution in [0.3, 0.4) is 0 Å². The lowest BCUT2D eigenvalue weighted by Gasteiger charge is -2.33. The molecule has 1 amide bonds. The zero-order chi connectivity index (χ0) is 37.0. The number of fused-ring (bicyclic) bond motifs is 3. The van der Waals surface area contributed by atoms with Crippen molar-refractivity contribution >= 4 is 37.5 Å². The first-order chi connectivity index (χ1) is 24.7. The van der Waals surface area contributed by atoms with Gasteiger partial charge in [-0.2, -0.15) is 10.2 Å². The van der Waals surface area contributed by atoms with E-state index < -0.39 is 43.6 Å². The van der Waals surface area contributed by atoms with Crippen LogP contribution < -0.4 is 20.7 Å². The Bertz CT molecular complexity index is 2190. The number of carbonyl (C=O) groups excluding carboxylic acids is 1. The van der Waals surface area contributed by atoms with Gasteiger partial charge in [0.25, 0.3) is 11.5 Å². The van der Waals surface area contributed by atoms with Crippen LogP contribution in [0.4, 0.5) is 0 Å². The minimum Gasteiger partial charge on any atom is -0.491 e. The minimum absolute atomic E-state index is 0.0625. The minimum atomic E-state index is -4.07. The molecule has 0 unspecified atom stereocenters. The first-order valence-electron chi connectivity index (χ1n) is 17.5. The average molecular weight is 757 g/mol. The number of hydrogen-bond donors (Lipinski definition) is 1. The molecule has 52 heavy (non-hydrogen) atoms. The Balaban J connectivity index is 1.38. The number of aryl methyl sites for hydroxylation is 1. The second kappa shape index (κ2) is 13.8. The molecule has 280 valence electrons. The molecule has 0 spiro atoms. The maximum atomic E-state index is 14.8. The van der Waals surface area contributed by atoms with Crippen LogP contribution in [0.5, 0.6) is 5.75 Å². The van der Waals surface area contributed by atoms with Crippen LogP contribution >= 0.6 is 11.3 Å².